The van der Waals surface area contributed by atoms with Crippen molar-refractivity contribution in [2.45, 2.75) is 51.0 Å². The van der Waals surface area contributed by atoms with E-state index in [9.17, 15) is 0 Å². The van der Waals surface area contributed by atoms with Gasteiger partial charge in [0.1, 0.15) is 12.1 Å². The Kier molecular flexibility index (Phi) is 3.87. The molecule has 4 heteroatoms. The van der Waals surface area contributed by atoms with Crippen molar-refractivity contribution in [2.75, 3.05) is 11.2 Å². The minimum Gasteiger partial charge on any atom is -0.363 e. The second-order valence-electron chi connectivity index (χ2n) is 5.23. The highest BCUT2D eigenvalue weighted by Crippen LogP contribution is 2.33. The van der Waals surface area contributed by atoms with Crippen LogP contribution in [-0.4, -0.2) is 21.4 Å². The molecule has 1 heterocycles. The third-order valence-electron chi connectivity index (χ3n) is 3.49. The molecule has 0 radical (unpaired) electrons. The molecule has 1 saturated carbocycles. The van der Waals surface area contributed by atoms with Crippen LogP contribution in [0.2, 0.25) is 0 Å². The molecule has 94 valence electrons. The zero-order chi connectivity index (χ0) is 12.3. The Hall–Kier alpha value is -0.830. The first-order valence-electron chi connectivity index (χ1n) is 6.31. The lowest BCUT2D eigenvalue weighted by molar-refractivity contribution is 0.537. The normalized spacial score (nSPS) is 18.6. The van der Waals surface area contributed by atoms with E-state index in [1.807, 2.05) is 6.07 Å². The monoisotopic (exact) mass is 253 g/mol. The van der Waals surface area contributed by atoms with Gasteiger partial charge in [-0.1, -0.05) is 26.7 Å². The summed E-state index contributed by atoms with van der Waals surface area (Å²) in [5, 5.41) is 3.52. The van der Waals surface area contributed by atoms with Gasteiger partial charge in [0.2, 0.25) is 0 Å². The lowest BCUT2D eigenvalue weighted by Gasteiger charge is -2.28. The molecule has 1 aliphatic rings. The molecule has 0 spiro atoms. The van der Waals surface area contributed by atoms with Crippen LogP contribution in [-0.2, 0) is 0 Å². The maximum atomic E-state index is 6.11. The van der Waals surface area contributed by atoms with E-state index in [4.69, 9.17) is 11.6 Å². The van der Waals surface area contributed by atoms with Crippen molar-refractivity contribution >= 4 is 17.4 Å². The first kappa shape index (κ1) is 12.6. The number of aromatic nitrogens is 2. The summed E-state index contributed by atoms with van der Waals surface area (Å²) in [6.45, 7) is 4.28. The Labute approximate surface area is 108 Å². The predicted molar refractivity (Wildman–Crippen MR) is 71.7 cm³/mol. The summed E-state index contributed by atoms with van der Waals surface area (Å²) in [6.07, 6.45) is 6.41. The summed E-state index contributed by atoms with van der Waals surface area (Å²) in [5.74, 6) is 1.98. The third-order valence-corrected chi connectivity index (χ3v) is 4.00. The van der Waals surface area contributed by atoms with Crippen LogP contribution in [0.15, 0.2) is 12.4 Å². The van der Waals surface area contributed by atoms with Crippen LogP contribution < -0.4 is 5.32 Å². The quantitative estimate of drug-likeness (QED) is 0.834. The van der Waals surface area contributed by atoms with Gasteiger partial charge in [-0.3, -0.25) is 0 Å². The molecule has 1 aromatic rings. The Morgan fingerprint density at radius 1 is 1.35 bits per heavy atom. The van der Waals surface area contributed by atoms with Gasteiger partial charge in [-0.2, -0.15) is 0 Å². The Morgan fingerprint density at radius 3 is 2.65 bits per heavy atom. The number of nitrogens with zero attached hydrogens (tertiary/aromatic N) is 2. The van der Waals surface area contributed by atoms with Crippen molar-refractivity contribution in [1.82, 2.24) is 9.97 Å². The molecule has 0 saturated heterocycles. The number of hydrogen-bond donors (Lipinski definition) is 1. The molecule has 1 N–H and O–H groups in total. The number of halogens is 1. The van der Waals surface area contributed by atoms with Crippen LogP contribution in [0.3, 0.4) is 0 Å². The van der Waals surface area contributed by atoms with E-state index in [1.165, 1.54) is 12.8 Å². The van der Waals surface area contributed by atoms with Crippen LogP contribution in [0.1, 0.15) is 51.1 Å². The maximum absolute atomic E-state index is 6.11. The van der Waals surface area contributed by atoms with E-state index in [0.717, 1.165) is 24.4 Å². The van der Waals surface area contributed by atoms with Crippen LogP contribution in [0, 0.1) is 0 Å². The number of alkyl halides is 1. The number of hydrogen-bond acceptors (Lipinski definition) is 3. The highest BCUT2D eigenvalue weighted by atomic mass is 35.5. The van der Waals surface area contributed by atoms with Crippen molar-refractivity contribution in [1.29, 1.82) is 0 Å². The zero-order valence-corrected chi connectivity index (χ0v) is 11.3. The molecule has 0 bridgehead atoms. The molecule has 0 aromatic carbocycles. The summed E-state index contributed by atoms with van der Waals surface area (Å²) >= 11 is 6.11. The molecular weight excluding hydrogens is 234 g/mol. The first-order valence-corrected chi connectivity index (χ1v) is 6.85. The first-order chi connectivity index (χ1) is 8.15. The van der Waals surface area contributed by atoms with Crippen LogP contribution in [0.5, 0.6) is 0 Å². The van der Waals surface area contributed by atoms with Crippen molar-refractivity contribution < 1.29 is 0 Å². The molecule has 1 aliphatic carbocycles. The maximum Gasteiger partial charge on any atom is 0.130 e. The highest BCUT2D eigenvalue weighted by molar-refractivity contribution is 6.18. The highest BCUT2D eigenvalue weighted by Gasteiger charge is 2.33. The van der Waals surface area contributed by atoms with E-state index in [-0.39, 0.29) is 5.54 Å². The van der Waals surface area contributed by atoms with Crippen molar-refractivity contribution in [2.24, 2.45) is 0 Å². The fraction of sp³-hybridized carbons (Fsp3) is 0.692. The molecule has 2 rings (SSSR count). The lowest BCUT2D eigenvalue weighted by atomic mass is 10.0. The van der Waals surface area contributed by atoms with Gasteiger partial charge >= 0.3 is 0 Å². The average Bonchev–Trinajstić information content (AvgIpc) is 2.78. The number of anilines is 1. The third kappa shape index (κ3) is 2.89. The molecule has 0 atom stereocenters. The smallest absolute Gasteiger partial charge is 0.130 e. The van der Waals surface area contributed by atoms with E-state index >= 15 is 0 Å². The number of nitrogens with one attached hydrogen (secondary N) is 1. The predicted octanol–water partition coefficient (Wildman–Crippen LogP) is 3.56. The minimum atomic E-state index is 0.0458. The summed E-state index contributed by atoms with van der Waals surface area (Å²) in [5.41, 5.74) is 1.12. The van der Waals surface area contributed by atoms with Crippen molar-refractivity contribution in [3.8, 4) is 0 Å². The van der Waals surface area contributed by atoms with Gasteiger partial charge in [-0.25, -0.2) is 9.97 Å². The largest absolute Gasteiger partial charge is 0.363 e. The van der Waals surface area contributed by atoms with Gasteiger partial charge < -0.3 is 5.32 Å². The standard InChI is InChI=1S/C13H20ClN3/c1-10(2)11-7-12(16-9-15-11)17-13(8-14)5-3-4-6-13/h7,9-10H,3-6,8H2,1-2H3,(H,15,16,17). The molecular formula is C13H20ClN3. The molecule has 0 aliphatic heterocycles. The minimum absolute atomic E-state index is 0.0458. The fourth-order valence-corrected chi connectivity index (χ4v) is 2.71. The van der Waals surface area contributed by atoms with Gasteiger partial charge in [0.25, 0.3) is 0 Å². The molecule has 1 aromatic heterocycles. The van der Waals surface area contributed by atoms with Gasteiger partial charge in [0.05, 0.1) is 5.54 Å². The Bertz CT molecular complexity index is 373. The van der Waals surface area contributed by atoms with Crippen LogP contribution in [0.4, 0.5) is 5.82 Å². The molecule has 17 heavy (non-hydrogen) atoms. The fourth-order valence-electron chi connectivity index (χ4n) is 2.37. The average molecular weight is 254 g/mol. The Balaban J connectivity index is 2.14. The van der Waals surface area contributed by atoms with Crippen LogP contribution >= 0.6 is 11.6 Å². The summed E-state index contributed by atoms with van der Waals surface area (Å²) in [4.78, 5) is 8.58. The topological polar surface area (TPSA) is 37.8 Å². The van der Waals surface area contributed by atoms with E-state index in [1.54, 1.807) is 6.33 Å². The SMILES string of the molecule is CC(C)c1cc(NC2(CCl)CCCC2)ncn1. The molecule has 1 fully saturated rings. The zero-order valence-electron chi connectivity index (χ0n) is 10.5. The van der Waals surface area contributed by atoms with E-state index in [0.29, 0.717) is 11.8 Å². The van der Waals surface area contributed by atoms with Gasteiger partial charge in [0.15, 0.2) is 0 Å². The van der Waals surface area contributed by atoms with Crippen molar-refractivity contribution in [3.05, 3.63) is 18.1 Å². The van der Waals surface area contributed by atoms with Gasteiger partial charge in [0, 0.05) is 17.6 Å². The Morgan fingerprint density at radius 2 is 2.06 bits per heavy atom. The summed E-state index contributed by atoms with van der Waals surface area (Å²) in [6, 6.07) is 2.04. The molecule has 0 unspecified atom stereocenters. The number of rotatable bonds is 4. The summed E-state index contributed by atoms with van der Waals surface area (Å²) < 4.78 is 0. The molecule has 3 nitrogen and oxygen atoms in total. The van der Waals surface area contributed by atoms with Gasteiger partial charge in [-0.05, 0) is 18.8 Å². The van der Waals surface area contributed by atoms with Gasteiger partial charge in [-0.15, -0.1) is 11.6 Å². The van der Waals surface area contributed by atoms with E-state index < -0.39 is 0 Å². The van der Waals surface area contributed by atoms with E-state index in [2.05, 4.69) is 29.1 Å². The lowest BCUT2D eigenvalue weighted by Crippen LogP contribution is -2.37. The second kappa shape index (κ2) is 5.21. The summed E-state index contributed by atoms with van der Waals surface area (Å²) in [7, 11) is 0. The molecule has 0 amide bonds. The van der Waals surface area contributed by atoms with Crippen LogP contribution in [0.25, 0.3) is 0 Å². The van der Waals surface area contributed by atoms with Crippen molar-refractivity contribution in [3.63, 3.8) is 0 Å². The second-order valence-corrected chi connectivity index (χ2v) is 5.50.